The van der Waals surface area contributed by atoms with Crippen LogP contribution in [0.2, 0.25) is 5.02 Å². The van der Waals surface area contributed by atoms with Crippen LogP contribution in [0.3, 0.4) is 0 Å². The van der Waals surface area contributed by atoms with Gasteiger partial charge in [0.2, 0.25) is 0 Å². The predicted octanol–water partition coefficient (Wildman–Crippen LogP) is 2.55. The Labute approximate surface area is 124 Å². The van der Waals surface area contributed by atoms with Gasteiger partial charge in [0.15, 0.2) is 0 Å². The number of hydrogen-bond acceptors (Lipinski definition) is 3. The van der Waals surface area contributed by atoms with E-state index in [2.05, 4.69) is 5.32 Å². The standard InChI is InChI=1S/C13H12ClFN2O4/c1-6(7(2)12(19)20)11(18)17-13(21)16-10-4-3-8(15)5-9(10)14/h3-5H,1-2H3,(H,19,20)(H2,16,17,18,21). The first-order valence-corrected chi connectivity index (χ1v) is 6.08. The van der Waals surface area contributed by atoms with Crippen molar-refractivity contribution < 1.29 is 23.9 Å². The average molecular weight is 315 g/mol. The minimum absolute atomic E-state index is 0.0356. The molecule has 1 aromatic rings. The number of carbonyl (C=O) groups is 3. The summed E-state index contributed by atoms with van der Waals surface area (Å²) < 4.78 is 12.8. The van der Waals surface area contributed by atoms with Crippen LogP contribution in [0.25, 0.3) is 0 Å². The number of carboxylic acid groups (broad SMARTS) is 1. The van der Waals surface area contributed by atoms with E-state index in [1.54, 1.807) is 0 Å². The topological polar surface area (TPSA) is 95.5 Å². The summed E-state index contributed by atoms with van der Waals surface area (Å²) in [5.74, 6) is -2.69. The normalized spacial score (nSPS) is 11.4. The molecule has 6 nitrogen and oxygen atoms in total. The Morgan fingerprint density at radius 2 is 1.81 bits per heavy atom. The summed E-state index contributed by atoms with van der Waals surface area (Å²) in [5, 5.41) is 12.9. The number of urea groups is 1. The van der Waals surface area contributed by atoms with Crippen LogP contribution in [0.5, 0.6) is 0 Å². The Kier molecular flexibility index (Phi) is 5.43. The number of anilines is 1. The van der Waals surface area contributed by atoms with Crippen LogP contribution in [0, 0.1) is 5.82 Å². The molecule has 3 amide bonds. The van der Waals surface area contributed by atoms with Crippen LogP contribution < -0.4 is 10.6 Å². The summed E-state index contributed by atoms with van der Waals surface area (Å²) in [6.07, 6.45) is 0. The molecule has 0 heterocycles. The second-order valence-electron chi connectivity index (χ2n) is 4.09. The summed E-state index contributed by atoms with van der Waals surface area (Å²) in [5.41, 5.74) is -0.178. The summed E-state index contributed by atoms with van der Waals surface area (Å²) in [7, 11) is 0. The number of benzene rings is 1. The van der Waals surface area contributed by atoms with Crippen molar-refractivity contribution in [3.8, 4) is 0 Å². The van der Waals surface area contributed by atoms with Gasteiger partial charge in [0.25, 0.3) is 5.91 Å². The third kappa shape index (κ3) is 4.57. The number of carbonyl (C=O) groups excluding carboxylic acids is 2. The first-order chi connectivity index (χ1) is 9.72. The van der Waals surface area contributed by atoms with Crippen LogP contribution in [0.1, 0.15) is 13.8 Å². The average Bonchev–Trinajstić information content (AvgIpc) is 2.40. The van der Waals surface area contributed by atoms with E-state index >= 15 is 0 Å². The van der Waals surface area contributed by atoms with Crippen molar-refractivity contribution in [1.29, 1.82) is 0 Å². The molecule has 3 N–H and O–H groups in total. The van der Waals surface area contributed by atoms with Crippen molar-refractivity contribution >= 4 is 35.2 Å². The fraction of sp³-hybridized carbons (Fsp3) is 0.154. The second kappa shape index (κ2) is 6.85. The summed E-state index contributed by atoms with van der Waals surface area (Å²) in [4.78, 5) is 33.9. The molecule has 0 radical (unpaired) electrons. The molecular formula is C13H12ClFN2O4. The number of nitrogens with one attached hydrogen (secondary N) is 2. The molecule has 0 saturated carbocycles. The van der Waals surface area contributed by atoms with E-state index < -0.39 is 23.7 Å². The summed E-state index contributed by atoms with van der Waals surface area (Å²) in [6, 6.07) is 2.40. The molecule has 0 aliphatic rings. The zero-order chi connectivity index (χ0) is 16.2. The summed E-state index contributed by atoms with van der Waals surface area (Å²) >= 11 is 5.71. The second-order valence-corrected chi connectivity index (χ2v) is 4.49. The molecule has 1 aromatic carbocycles. The quantitative estimate of drug-likeness (QED) is 0.747. The zero-order valence-electron chi connectivity index (χ0n) is 11.2. The van der Waals surface area contributed by atoms with Gasteiger partial charge in [-0.25, -0.2) is 14.0 Å². The molecule has 112 valence electrons. The molecule has 0 atom stereocenters. The van der Waals surface area contributed by atoms with Gasteiger partial charge in [-0.2, -0.15) is 0 Å². The van der Waals surface area contributed by atoms with Gasteiger partial charge in [-0.15, -0.1) is 0 Å². The molecule has 0 saturated heterocycles. The first kappa shape index (κ1) is 16.6. The van der Waals surface area contributed by atoms with Crippen molar-refractivity contribution in [2.45, 2.75) is 13.8 Å². The van der Waals surface area contributed by atoms with E-state index in [0.717, 1.165) is 12.1 Å². The minimum Gasteiger partial charge on any atom is -0.478 e. The third-order valence-corrected chi connectivity index (χ3v) is 2.94. The molecular weight excluding hydrogens is 303 g/mol. The Morgan fingerprint density at radius 1 is 1.19 bits per heavy atom. The number of halogens is 2. The lowest BCUT2D eigenvalue weighted by Crippen LogP contribution is -2.35. The zero-order valence-corrected chi connectivity index (χ0v) is 11.9. The highest BCUT2D eigenvalue weighted by atomic mass is 35.5. The highest BCUT2D eigenvalue weighted by Crippen LogP contribution is 2.22. The maximum Gasteiger partial charge on any atom is 0.331 e. The van der Waals surface area contributed by atoms with Gasteiger partial charge in [0.05, 0.1) is 10.7 Å². The number of rotatable bonds is 3. The summed E-state index contributed by atoms with van der Waals surface area (Å²) in [6.45, 7) is 2.52. The van der Waals surface area contributed by atoms with Gasteiger partial charge in [0.1, 0.15) is 5.82 Å². The predicted molar refractivity (Wildman–Crippen MR) is 74.6 cm³/mol. The molecule has 8 heteroatoms. The lowest BCUT2D eigenvalue weighted by Gasteiger charge is -2.09. The van der Waals surface area contributed by atoms with Crippen LogP contribution in [-0.4, -0.2) is 23.0 Å². The van der Waals surface area contributed by atoms with E-state index in [-0.39, 0.29) is 21.9 Å². The number of carboxylic acids is 1. The van der Waals surface area contributed by atoms with Crippen LogP contribution >= 0.6 is 11.6 Å². The Hall–Kier alpha value is -2.41. The van der Waals surface area contributed by atoms with E-state index in [1.165, 1.54) is 19.9 Å². The van der Waals surface area contributed by atoms with E-state index in [0.29, 0.717) is 0 Å². The maximum absolute atomic E-state index is 12.8. The molecule has 0 aliphatic heterocycles. The van der Waals surface area contributed by atoms with Gasteiger partial charge in [-0.3, -0.25) is 10.1 Å². The van der Waals surface area contributed by atoms with Crippen LogP contribution in [0.15, 0.2) is 29.3 Å². The van der Waals surface area contributed by atoms with Gasteiger partial charge in [-0.05, 0) is 32.0 Å². The highest BCUT2D eigenvalue weighted by molar-refractivity contribution is 6.33. The fourth-order valence-corrected chi connectivity index (χ4v) is 1.49. The smallest absolute Gasteiger partial charge is 0.331 e. The van der Waals surface area contributed by atoms with Gasteiger partial charge < -0.3 is 10.4 Å². The van der Waals surface area contributed by atoms with Crippen LogP contribution in [0.4, 0.5) is 14.9 Å². The van der Waals surface area contributed by atoms with Gasteiger partial charge >= 0.3 is 12.0 Å². The lowest BCUT2D eigenvalue weighted by molar-refractivity contribution is -0.133. The van der Waals surface area contributed by atoms with Crippen molar-refractivity contribution in [3.63, 3.8) is 0 Å². The molecule has 0 fully saturated rings. The first-order valence-electron chi connectivity index (χ1n) is 5.70. The van der Waals surface area contributed by atoms with E-state index in [9.17, 15) is 18.8 Å². The third-order valence-electron chi connectivity index (χ3n) is 2.63. The number of hydrogen-bond donors (Lipinski definition) is 3. The molecule has 0 unspecified atom stereocenters. The maximum atomic E-state index is 12.8. The molecule has 0 aliphatic carbocycles. The Balaban J connectivity index is 2.76. The molecule has 1 rings (SSSR count). The molecule has 0 aromatic heterocycles. The lowest BCUT2D eigenvalue weighted by atomic mass is 10.1. The highest BCUT2D eigenvalue weighted by Gasteiger charge is 2.15. The van der Waals surface area contributed by atoms with Crippen molar-refractivity contribution in [2.24, 2.45) is 0 Å². The van der Waals surface area contributed by atoms with Crippen molar-refractivity contribution in [3.05, 3.63) is 40.2 Å². The Bertz CT molecular complexity index is 643. The molecule has 21 heavy (non-hydrogen) atoms. The number of imide groups is 1. The Morgan fingerprint density at radius 3 is 2.33 bits per heavy atom. The van der Waals surface area contributed by atoms with E-state index in [4.69, 9.17) is 16.7 Å². The minimum atomic E-state index is -1.26. The van der Waals surface area contributed by atoms with Crippen LogP contribution in [-0.2, 0) is 9.59 Å². The number of amides is 3. The number of aliphatic carboxylic acids is 1. The van der Waals surface area contributed by atoms with Gasteiger partial charge in [0, 0.05) is 11.1 Å². The van der Waals surface area contributed by atoms with E-state index in [1.807, 2.05) is 5.32 Å². The van der Waals surface area contributed by atoms with Crippen molar-refractivity contribution in [1.82, 2.24) is 5.32 Å². The fourth-order valence-electron chi connectivity index (χ4n) is 1.27. The molecule has 0 bridgehead atoms. The van der Waals surface area contributed by atoms with Crippen molar-refractivity contribution in [2.75, 3.05) is 5.32 Å². The molecule has 0 spiro atoms. The SMILES string of the molecule is CC(C(=O)O)=C(C)C(=O)NC(=O)Nc1ccc(F)cc1Cl. The monoisotopic (exact) mass is 314 g/mol. The van der Waals surface area contributed by atoms with Gasteiger partial charge in [-0.1, -0.05) is 11.6 Å². The largest absolute Gasteiger partial charge is 0.478 e.